The summed E-state index contributed by atoms with van der Waals surface area (Å²) in [5.41, 5.74) is 0.351. The Morgan fingerprint density at radius 1 is 1.44 bits per heavy atom. The number of halogens is 1. The van der Waals surface area contributed by atoms with Crippen LogP contribution in [0.4, 0.5) is 4.39 Å². The van der Waals surface area contributed by atoms with Gasteiger partial charge in [-0.25, -0.2) is 4.39 Å². The lowest BCUT2D eigenvalue weighted by atomic mass is 9.88. The number of hydrogen-bond acceptors (Lipinski definition) is 2. The van der Waals surface area contributed by atoms with E-state index in [0.717, 1.165) is 31.4 Å². The third-order valence-corrected chi connectivity index (χ3v) is 3.22. The van der Waals surface area contributed by atoms with Crippen LogP contribution in [-0.2, 0) is 6.42 Å². The number of β-amino-alcohol motifs (C(OH)–C–C–N with tert-alkyl or cyclic N) is 1. The Kier molecular flexibility index (Phi) is 3.56. The van der Waals surface area contributed by atoms with E-state index < -0.39 is 5.60 Å². The van der Waals surface area contributed by atoms with Gasteiger partial charge in [0.05, 0.1) is 5.60 Å². The van der Waals surface area contributed by atoms with Crippen molar-refractivity contribution in [1.29, 1.82) is 0 Å². The largest absolute Gasteiger partial charge is 0.389 e. The molecule has 1 aliphatic heterocycles. The van der Waals surface area contributed by atoms with Gasteiger partial charge in [-0.15, -0.1) is 0 Å². The molecule has 1 aromatic carbocycles. The van der Waals surface area contributed by atoms with E-state index in [2.05, 4.69) is 5.32 Å². The molecule has 1 aromatic rings. The van der Waals surface area contributed by atoms with Gasteiger partial charge in [0.15, 0.2) is 0 Å². The number of piperidine rings is 1. The van der Waals surface area contributed by atoms with Crippen molar-refractivity contribution in [2.75, 3.05) is 13.1 Å². The highest BCUT2D eigenvalue weighted by molar-refractivity contribution is 5.16. The molecule has 1 heterocycles. The molecule has 0 spiro atoms. The molecule has 0 radical (unpaired) electrons. The van der Waals surface area contributed by atoms with Gasteiger partial charge in [-0.05, 0) is 49.9 Å². The van der Waals surface area contributed by atoms with Crippen molar-refractivity contribution in [3.63, 3.8) is 0 Å². The van der Waals surface area contributed by atoms with E-state index in [1.807, 2.05) is 6.07 Å². The van der Waals surface area contributed by atoms with Crippen LogP contribution in [0.1, 0.15) is 24.8 Å². The first kappa shape index (κ1) is 11.6. The van der Waals surface area contributed by atoms with Crippen molar-refractivity contribution in [2.24, 2.45) is 0 Å². The molecular weight excluding hydrogens is 205 g/mol. The van der Waals surface area contributed by atoms with E-state index in [1.165, 1.54) is 6.07 Å². The van der Waals surface area contributed by atoms with Gasteiger partial charge in [-0.2, -0.15) is 0 Å². The van der Waals surface area contributed by atoms with E-state index >= 15 is 0 Å². The molecule has 2 rings (SSSR count). The molecule has 1 aliphatic rings. The first-order valence-corrected chi connectivity index (χ1v) is 5.86. The summed E-state index contributed by atoms with van der Waals surface area (Å²) in [5, 5.41) is 13.4. The number of aliphatic hydroxyl groups is 1. The Bertz CT molecular complexity index is 348. The molecule has 0 aliphatic carbocycles. The molecule has 0 aromatic heterocycles. The second-order valence-electron chi connectivity index (χ2n) is 4.63. The lowest BCUT2D eigenvalue weighted by Gasteiger charge is -2.32. The molecule has 1 fully saturated rings. The normalized spacial score (nSPS) is 25.6. The highest BCUT2D eigenvalue weighted by atomic mass is 19.1. The third-order valence-electron chi connectivity index (χ3n) is 3.22. The lowest BCUT2D eigenvalue weighted by Crippen LogP contribution is -2.45. The minimum Gasteiger partial charge on any atom is -0.389 e. The fraction of sp³-hybridized carbons (Fsp3) is 0.538. The predicted octanol–water partition coefficient (Wildman–Crippen LogP) is 1.87. The molecule has 88 valence electrons. The quantitative estimate of drug-likeness (QED) is 0.820. The number of rotatable bonds is 3. The lowest BCUT2D eigenvalue weighted by molar-refractivity contribution is 0.00886. The van der Waals surface area contributed by atoms with Gasteiger partial charge < -0.3 is 10.4 Å². The topological polar surface area (TPSA) is 32.3 Å². The highest BCUT2D eigenvalue weighted by Crippen LogP contribution is 2.22. The van der Waals surface area contributed by atoms with Gasteiger partial charge in [0.25, 0.3) is 0 Å². The highest BCUT2D eigenvalue weighted by Gasteiger charge is 2.28. The van der Waals surface area contributed by atoms with Crippen molar-refractivity contribution >= 4 is 0 Å². The monoisotopic (exact) mass is 223 g/mol. The fourth-order valence-corrected chi connectivity index (χ4v) is 2.23. The Morgan fingerprint density at radius 3 is 3.00 bits per heavy atom. The molecule has 1 saturated heterocycles. The van der Waals surface area contributed by atoms with E-state index in [-0.39, 0.29) is 5.82 Å². The van der Waals surface area contributed by atoms with Gasteiger partial charge >= 0.3 is 0 Å². The van der Waals surface area contributed by atoms with Crippen LogP contribution in [0, 0.1) is 5.82 Å². The summed E-state index contributed by atoms with van der Waals surface area (Å²) < 4.78 is 13.0. The van der Waals surface area contributed by atoms with Crippen LogP contribution < -0.4 is 5.32 Å². The SMILES string of the molecule is OC1(CCc2cccc(F)c2)CCCNC1. The zero-order chi connectivity index (χ0) is 11.4. The van der Waals surface area contributed by atoms with Crippen LogP contribution in [0.3, 0.4) is 0 Å². The third kappa shape index (κ3) is 3.03. The van der Waals surface area contributed by atoms with Crippen molar-refractivity contribution < 1.29 is 9.50 Å². The Labute approximate surface area is 95.5 Å². The second kappa shape index (κ2) is 4.93. The molecule has 0 bridgehead atoms. The Morgan fingerprint density at radius 2 is 2.31 bits per heavy atom. The van der Waals surface area contributed by atoms with Gasteiger partial charge in [-0.1, -0.05) is 12.1 Å². The average Bonchev–Trinajstić information content (AvgIpc) is 2.28. The zero-order valence-electron chi connectivity index (χ0n) is 9.38. The van der Waals surface area contributed by atoms with Crippen molar-refractivity contribution in [3.05, 3.63) is 35.6 Å². The molecular formula is C13H18FNO. The number of aryl methyl sites for hydroxylation is 1. The van der Waals surface area contributed by atoms with Crippen LogP contribution in [0.15, 0.2) is 24.3 Å². The number of nitrogens with one attached hydrogen (secondary N) is 1. The Balaban J connectivity index is 1.91. The molecule has 1 atom stereocenters. The summed E-state index contributed by atoms with van der Waals surface area (Å²) in [4.78, 5) is 0. The minimum absolute atomic E-state index is 0.203. The second-order valence-corrected chi connectivity index (χ2v) is 4.63. The summed E-state index contributed by atoms with van der Waals surface area (Å²) in [6.07, 6.45) is 3.29. The predicted molar refractivity (Wildman–Crippen MR) is 61.8 cm³/mol. The van der Waals surface area contributed by atoms with E-state index in [9.17, 15) is 9.50 Å². The zero-order valence-corrected chi connectivity index (χ0v) is 9.38. The molecule has 16 heavy (non-hydrogen) atoms. The van der Waals surface area contributed by atoms with Crippen molar-refractivity contribution in [3.8, 4) is 0 Å². The molecule has 1 unspecified atom stereocenters. The average molecular weight is 223 g/mol. The first-order chi connectivity index (χ1) is 7.68. The molecule has 2 N–H and O–H groups in total. The van der Waals surface area contributed by atoms with Crippen LogP contribution in [-0.4, -0.2) is 23.8 Å². The molecule has 0 saturated carbocycles. The van der Waals surface area contributed by atoms with E-state index in [1.54, 1.807) is 12.1 Å². The minimum atomic E-state index is -0.607. The number of benzene rings is 1. The first-order valence-electron chi connectivity index (χ1n) is 5.86. The number of hydrogen-bond donors (Lipinski definition) is 2. The summed E-state index contributed by atoms with van der Waals surface area (Å²) in [6, 6.07) is 6.61. The maximum atomic E-state index is 13.0. The standard InChI is InChI=1S/C13H18FNO/c14-12-4-1-3-11(9-12)5-7-13(16)6-2-8-15-10-13/h1,3-4,9,15-16H,2,5-8,10H2. The summed E-state index contributed by atoms with van der Waals surface area (Å²) in [6.45, 7) is 1.64. The van der Waals surface area contributed by atoms with Crippen molar-refractivity contribution in [1.82, 2.24) is 5.32 Å². The van der Waals surface area contributed by atoms with Crippen molar-refractivity contribution in [2.45, 2.75) is 31.3 Å². The van der Waals surface area contributed by atoms with Crippen LogP contribution >= 0.6 is 0 Å². The smallest absolute Gasteiger partial charge is 0.123 e. The Hall–Kier alpha value is -0.930. The molecule has 2 nitrogen and oxygen atoms in total. The summed E-state index contributed by atoms with van der Waals surface area (Å²) in [7, 11) is 0. The maximum absolute atomic E-state index is 13.0. The van der Waals surface area contributed by atoms with Gasteiger partial charge in [0.1, 0.15) is 5.82 Å². The molecule has 0 amide bonds. The van der Waals surface area contributed by atoms with Crippen LogP contribution in [0.2, 0.25) is 0 Å². The van der Waals surface area contributed by atoms with Crippen LogP contribution in [0.25, 0.3) is 0 Å². The summed E-state index contributed by atoms with van der Waals surface area (Å²) in [5.74, 6) is -0.203. The van der Waals surface area contributed by atoms with Crippen LogP contribution in [0.5, 0.6) is 0 Å². The maximum Gasteiger partial charge on any atom is 0.123 e. The van der Waals surface area contributed by atoms with Gasteiger partial charge in [-0.3, -0.25) is 0 Å². The summed E-state index contributed by atoms with van der Waals surface area (Å²) >= 11 is 0. The van der Waals surface area contributed by atoms with E-state index in [4.69, 9.17) is 0 Å². The van der Waals surface area contributed by atoms with Gasteiger partial charge in [0, 0.05) is 6.54 Å². The van der Waals surface area contributed by atoms with E-state index in [0.29, 0.717) is 13.0 Å². The fourth-order valence-electron chi connectivity index (χ4n) is 2.23. The molecule has 3 heteroatoms. The van der Waals surface area contributed by atoms with Gasteiger partial charge in [0.2, 0.25) is 0 Å².